The SMILES string of the molecule is C=CC.CC(=O)OC1CCC2(C)C(CCC3(C)C4CCC5(C=O)CCCC5C4CCC32)C1(C)C.CNCc1ccc(OC)cc1. The molecule has 0 amide bonds. The number of ether oxygens (including phenoxy) is 2. The van der Waals surface area contributed by atoms with Crippen LogP contribution in [0.2, 0.25) is 0 Å². The maximum absolute atomic E-state index is 12.2. The molecule has 1 N–H and O–H groups in total. The van der Waals surface area contributed by atoms with Crippen molar-refractivity contribution in [2.75, 3.05) is 14.2 Å². The number of hydrogen-bond donors (Lipinski definition) is 1. The Balaban J connectivity index is 0.000000276. The van der Waals surface area contributed by atoms with E-state index in [1.165, 1.54) is 63.2 Å². The molecule has 1 aromatic rings. The van der Waals surface area contributed by atoms with E-state index in [0.29, 0.717) is 22.7 Å². The molecule has 5 nitrogen and oxygen atoms in total. The smallest absolute Gasteiger partial charge is 0.302 e. The number of benzene rings is 1. The highest BCUT2D eigenvalue weighted by molar-refractivity contribution is 5.66. The summed E-state index contributed by atoms with van der Waals surface area (Å²) in [6.07, 6.45) is 16.8. The first-order valence-electron chi connectivity index (χ1n) is 17.8. The Morgan fingerprint density at radius 3 is 2.18 bits per heavy atom. The number of fused-ring (bicyclic) bond motifs is 7. The van der Waals surface area contributed by atoms with Crippen molar-refractivity contribution < 1.29 is 19.1 Å². The second kappa shape index (κ2) is 14.3. The number of esters is 1. The van der Waals surface area contributed by atoms with E-state index < -0.39 is 0 Å². The van der Waals surface area contributed by atoms with Crippen LogP contribution in [0.1, 0.15) is 118 Å². The van der Waals surface area contributed by atoms with Crippen molar-refractivity contribution in [1.82, 2.24) is 5.32 Å². The maximum atomic E-state index is 12.2. The zero-order chi connectivity index (χ0) is 33.0. The molecule has 0 heterocycles. The number of methoxy groups -OCH3 is 1. The summed E-state index contributed by atoms with van der Waals surface area (Å²) in [5.41, 5.74) is 2.09. The van der Waals surface area contributed by atoms with E-state index in [0.717, 1.165) is 49.3 Å². The first kappa shape index (κ1) is 35.7. The van der Waals surface area contributed by atoms with Gasteiger partial charge in [-0.05, 0) is 136 Å². The molecule has 0 spiro atoms. The summed E-state index contributed by atoms with van der Waals surface area (Å²) in [5.74, 6) is 4.40. The van der Waals surface area contributed by atoms with Crippen molar-refractivity contribution in [2.45, 2.75) is 125 Å². The van der Waals surface area contributed by atoms with Gasteiger partial charge < -0.3 is 19.6 Å². The lowest BCUT2D eigenvalue weighted by molar-refractivity contribution is -0.220. The van der Waals surface area contributed by atoms with Gasteiger partial charge in [0.15, 0.2) is 0 Å². The average Bonchev–Trinajstić information content (AvgIpc) is 3.45. The highest BCUT2D eigenvalue weighted by Gasteiger charge is 2.66. The van der Waals surface area contributed by atoms with Gasteiger partial charge in [-0.3, -0.25) is 4.79 Å². The molecule has 5 saturated carbocycles. The summed E-state index contributed by atoms with van der Waals surface area (Å²) in [7, 11) is 3.61. The molecule has 0 aliphatic heterocycles. The maximum Gasteiger partial charge on any atom is 0.302 e. The van der Waals surface area contributed by atoms with Gasteiger partial charge in [0.25, 0.3) is 0 Å². The van der Waals surface area contributed by atoms with Crippen LogP contribution in [-0.4, -0.2) is 32.5 Å². The third-order valence-corrected chi connectivity index (χ3v) is 13.6. The zero-order valence-corrected chi connectivity index (χ0v) is 29.8. The fourth-order valence-corrected chi connectivity index (χ4v) is 11.8. The van der Waals surface area contributed by atoms with E-state index in [9.17, 15) is 9.59 Å². The molecule has 0 radical (unpaired) electrons. The van der Waals surface area contributed by atoms with Gasteiger partial charge in [0.1, 0.15) is 18.1 Å². The Bertz CT molecular complexity index is 1160. The van der Waals surface area contributed by atoms with Crippen molar-refractivity contribution in [1.29, 1.82) is 0 Å². The molecule has 1 aromatic carbocycles. The number of nitrogens with one attached hydrogen (secondary N) is 1. The van der Waals surface area contributed by atoms with Crippen LogP contribution in [0.3, 0.4) is 0 Å². The number of aldehydes is 1. The van der Waals surface area contributed by atoms with Crippen LogP contribution >= 0.6 is 0 Å². The predicted octanol–water partition coefficient (Wildman–Crippen LogP) is 9.19. The summed E-state index contributed by atoms with van der Waals surface area (Å²) in [6.45, 7) is 17.7. The topological polar surface area (TPSA) is 64.6 Å². The lowest BCUT2D eigenvalue weighted by atomic mass is 9.36. The summed E-state index contributed by atoms with van der Waals surface area (Å²) in [5, 5.41) is 3.08. The van der Waals surface area contributed by atoms with Crippen molar-refractivity contribution in [2.24, 2.45) is 51.2 Å². The molecule has 0 aromatic heterocycles. The molecule has 9 atom stereocenters. The highest BCUT2D eigenvalue weighted by Crippen LogP contribution is 2.72. The summed E-state index contributed by atoms with van der Waals surface area (Å²) < 4.78 is 10.9. The molecule has 5 fully saturated rings. The van der Waals surface area contributed by atoms with Gasteiger partial charge >= 0.3 is 5.97 Å². The minimum Gasteiger partial charge on any atom is -0.497 e. The van der Waals surface area contributed by atoms with Crippen molar-refractivity contribution in [3.05, 3.63) is 42.5 Å². The molecule has 5 heteroatoms. The van der Waals surface area contributed by atoms with Gasteiger partial charge in [-0.15, -0.1) is 6.58 Å². The zero-order valence-electron chi connectivity index (χ0n) is 29.8. The molecule has 252 valence electrons. The molecule has 5 aliphatic carbocycles. The van der Waals surface area contributed by atoms with Gasteiger partial charge in [0, 0.05) is 24.3 Å². The Kier molecular flexibility index (Phi) is 11.4. The van der Waals surface area contributed by atoms with Crippen LogP contribution < -0.4 is 10.1 Å². The molecule has 5 aliphatic rings. The molecular weight excluding hydrogens is 558 g/mol. The van der Waals surface area contributed by atoms with Gasteiger partial charge in [-0.25, -0.2) is 0 Å². The van der Waals surface area contributed by atoms with Gasteiger partial charge in [-0.2, -0.15) is 0 Å². The number of carbonyl (C=O) groups excluding carboxylic acids is 2. The lowest BCUT2D eigenvalue weighted by Gasteiger charge is -2.69. The first-order valence-corrected chi connectivity index (χ1v) is 17.8. The molecule has 6 rings (SSSR count). The molecule has 45 heavy (non-hydrogen) atoms. The highest BCUT2D eigenvalue weighted by atomic mass is 16.5. The summed E-state index contributed by atoms with van der Waals surface area (Å²) in [4.78, 5) is 24.0. The third kappa shape index (κ3) is 6.67. The van der Waals surface area contributed by atoms with E-state index in [4.69, 9.17) is 9.47 Å². The molecule has 0 bridgehead atoms. The van der Waals surface area contributed by atoms with Crippen molar-refractivity contribution >= 4 is 12.3 Å². The third-order valence-electron chi connectivity index (χ3n) is 13.6. The van der Waals surface area contributed by atoms with E-state index in [2.05, 4.69) is 51.7 Å². The number of rotatable bonds is 5. The summed E-state index contributed by atoms with van der Waals surface area (Å²) >= 11 is 0. The van der Waals surface area contributed by atoms with Crippen LogP contribution in [0.15, 0.2) is 36.9 Å². The fourth-order valence-electron chi connectivity index (χ4n) is 11.8. The summed E-state index contributed by atoms with van der Waals surface area (Å²) in [6, 6.07) is 8.03. The van der Waals surface area contributed by atoms with E-state index in [1.807, 2.05) is 26.1 Å². The minimum atomic E-state index is -0.125. The van der Waals surface area contributed by atoms with Crippen molar-refractivity contribution in [3.63, 3.8) is 0 Å². The second-order valence-corrected chi connectivity index (χ2v) is 16.1. The average molecular weight is 622 g/mol. The Morgan fingerprint density at radius 1 is 0.911 bits per heavy atom. The van der Waals surface area contributed by atoms with Gasteiger partial charge in [-0.1, -0.05) is 52.3 Å². The largest absolute Gasteiger partial charge is 0.497 e. The van der Waals surface area contributed by atoms with E-state index in [-0.39, 0.29) is 22.9 Å². The van der Waals surface area contributed by atoms with Crippen LogP contribution in [0.25, 0.3) is 0 Å². The number of hydrogen-bond acceptors (Lipinski definition) is 5. The van der Waals surface area contributed by atoms with E-state index >= 15 is 0 Å². The van der Waals surface area contributed by atoms with Crippen LogP contribution in [-0.2, 0) is 20.9 Å². The number of carbonyl (C=O) groups is 2. The second-order valence-electron chi connectivity index (χ2n) is 16.1. The van der Waals surface area contributed by atoms with Crippen molar-refractivity contribution in [3.8, 4) is 5.75 Å². The molecule has 0 saturated heterocycles. The van der Waals surface area contributed by atoms with E-state index in [1.54, 1.807) is 20.1 Å². The number of allylic oxidation sites excluding steroid dienone is 1. The standard InChI is InChI=1S/C28H44O3.C9H13NO.C3H6/c1-18(30)31-24-12-15-27(5)22(25(24,2)3)11-14-26(4)20-10-16-28(17-29)13-6-7-21(28)19(20)8-9-23(26)27;1-10-7-8-3-5-9(11-2)6-4-8;1-3-2/h17,19-24H,6-16H2,1-5H3;3-6,10H,7H2,1-2H3;3H,1H2,2H3. The minimum absolute atomic E-state index is 0.0234. The quantitative estimate of drug-likeness (QED) is 0.202. The molecular formula is C40H63NO4. The predicted molar refractivity (Wildman–Crippen MR) is 184 cm³/mol. The Hall–Kier alpha value is -2.14. The van der Waals surface area contributed by atoms with Gasteiger partial charge in [0.2, 0.25) is 0 Å². The van der Waals surface area contributed by atoms with Gasteiger partial charge in [0.05, 0.1) is 7.11 Å². The Morgan fingerprint density at radius 2 is 1.58 bits per heavy atom. The van der Waals surface area contributed by atoms with Crippen LogP contribution in [0.5, 0.6) is 5.75 Å². The first-order chi connectivity index (χ1) is 21.4. The lowest BCUT2D eigenvalue weighted by Crippen LogP contribution is -2.63. The molecule has 9 unspecified atom stereocenters. The van der Waals surface area contributed by atoms with Crippen LogP contribution in [0.4, 0.5) is 0 Å². The van der Waals surface area contributed by atoms with Crippen LogP contribution in [0, 0.1) is 51.2 Å². The normalized spacial score (nSPS) is 39.0. The Labute approximate surface area is 274 Å². The fraction of sp³-hybridized carbons (Fsp3) is 0.750. The monoisotopic (exact) mass is 621 g/mol.